The molecule has 0 spiro atoms. The molecule has 412 valence electrons. The van der Waals surface area contributed by atoms with E-state index in [0.29, 0.717) is 33.8 Å². The fourth-order valence-electron chi connectivity index (χ4n) is 8.10. The Labute approximate surface area is 443 Å². The molecule has 0 aromatic heterocycles. The van der Waals surface area contributed by atoms with Crippen molar-refractivity contribution < 1.29 is 74.4 Å². The molecular weight excluding hydrogens is 1010 g/mol. The van der Waals surface area contributed by atoms with Crippen molar-refractivity contribution in [2.75, 3.05) is 20.3 Å². The average molecular weight is 1080 g/mol. The Morgan fingerprint density at radius 2 is 0.896 bits per heavy atom. The molecular formula is C56H62F5N5O11. The molecule has 2 aliphatic heterocycles. The second kappa shape index (κ2) is 23.3. The summed E-state index contributed by atoms with van der Waals surface area (Å²) in [7, 11) is 1.52. The van der Waals surface area contributed by atoms with E-state index in [2.05, 4.69) is 20.9 Å². The third-order valence-corrected chi connectivity index (χ3v) is 11.8. The Morgan fingerprint density at radius 1 is 0.545 bits per heavy atom. The first-order chi connectivity index (χ1) is 35.4. The summed E-state index contributed by atoms with van der Waals surface area (Å²) in [5, 5.41) is 5.06. The van der Waals surface area contributed by atoms with Crippen molar-refractivity contribution in [2.24, 2.45) is 0 Å². The zero-order valence-corrected chi connectivity index (χ0v) is 44.1. The fourth-order valence-corrected chi connectivity index (χ4v) is 8.10. The average Bonchev–Trinajstić information content (AvgIpc) is 3.35. The van der Waals surface area contributed by atoms with Crippen molar-refractivity contribution in [1.82, 2.24) is 26.2 Å². The molecule has 0 radical (unpaired) electrons. The summed E-state index contributed by atoms with van der Waals surface area (Å²) in [6, 6.07) is 16.9. The van der Waals surface area contributed by atoms with Gasteiger partial charge in [-0.15, -0.1) is 0 Å². The minimum atomic E-state index is -2.41. The molecule has 7 rings (SSSR count). The third-order valence-electron chi connectivity index (χ3n) is 11.8. The number of likely N-dealkylation sites (N-methyl/N-ethyl adjacent to an activating group) is 1. The Morgan fingerprint density at radius 3 is 1.26 bits per heavy atom. The molecule has 0 aliphatic carbocycles. The molecule has 0 saturated heterocycles. The van der Waals surface area contributed by atoms with E-state index in [0.717, 1.165) is 22.3 Å². The fraction of sp³-hybridized carbons (Fsp3) is 0.357. The minimum Gasteiger partial charge on any atom is -0.485 e. The molecule has 0 fully saturated rings. The van der Waals surface area contributed by atoms with Crippen LogP contribution in [0.15, 0.2) is 60.7 Å². The standard InChI is InChI=1S/C30H27F5N2O6.C25H31N3O5.CH4/c1-13-9-14(2)11-16(10-13)28(39)37(30(4,5)6)36-27(38)17-7-8-18-25(15(17)3)42-19(12-41-18)29(40)43-26-23(34)21(32)20(31)22(33)24(26)35;1-14-10-15(2)12-17(11-14)24(31)28(25(4,5)6)27-22(29)18-8-9-19-21(16(18)3)33-20(13-32-19)23(30)26-7;/h7-11,19H,12H2,1-6H3,(H,36,38);8-12,20H,13H2,1-7H3,(H,26,30)(H,27,29);1H4/t19-;20-;/m11./s1. The number of esters is 1. The summed E-state index contributed by atoms with van der Waals surface area (Å²) < 4.78 is 95.5. The summed E-state index contributed by atoms with van der Waals surface area (Å²) >= 11 is 0. The SMILES string of the molecule is C.CNC(=O)[C@H]1COc2ccc(C(=O)NN(C(=O)c3cc(C)cc(C)c3)C(C)(C)C)c(C)c2O1.Cc1cc(C)cc(C(=O)N(NC(=O)c2ccc3c(c2C)O[C@@H](C(=O)Oc2c(F)c(F)c(F)c(F)c2F)CO3)C(C)(C)C)c1. The maximum atomic E-state index is 14.0. The molecule has 3 N–H and O–H groups in total. The maximum absolute atomic E-state index is 14.0. The van der Waals surface area contributed by atoms with Gasteiger partial charge in [-0.05, 0) is 132 Å². The van der Waals surface area contributed by atoms with E-state index in [-0.39, 0.29) is 48.5 Å². The number of nitrogens with one attached hydrogen (secondary N) is 3. The topological polar surface area (TPSA) is 191 Å². The highest BCUT2D eigenvalue weighted by Crippen LogP contribution is 2.39. The Bertz CT molecular complexity index is 3100. The predicted molar refractivity (Wildman–Crippen MR) is 273 cm³/mol. The monoisotopic (exact) mass is 1080 g/mol. The van der Waals surface area contributed by atoms with Crippen molar-refractivity contribution in [1.29, 1.82) is 0 Å². The molecule has 2 aliphatic rings. The largest absolute Gasteiger partial charge is 0.485 e. The molecule has 2 atom stereocenters. The lowest BCUT2D eigenvalue weighted by atomic mass is 10.0. The highest BCUT2D eigenvalue weighted by Gasteiger charge is 2.37. The van der Waals surface area contributed by atoms with Crippen LogP contribution in [-0.4, -0.2) is 89.1 Å². The van der Waals surface area contributed by atoms with Gasteiger partial charge in [0, 0.05) is 40.4 Å². The molecule has 5 aromatic rings. The van der Waals surface area contributed by atoms with Crippen LogP contribution < -0.4 is 39.9 Å². The maximum Gasteiger partial charge on any atom is 0.356 e. The van der Waals surface area contributed by atoms with Gasteiger partial charge in [-0.25, -0.2) is 28.0 Å². The first kappa shape index (κ1) is 59.6. The van der Waals surface area contributed by atoms with E-state index in [1.807, 2.05) is 60.6 Å². The number of hydrazine groups is 2. The summed E-state index contributed by atoms with van der Waals surface area (Å²) in [6.07, 6.45) is -2.51. The summed E-state index contributed by atoms with van der Waals surface area (Å²) in [5.74, 6) is -16.4. The Kier molecular flexibility index (Phi) is 18.1. The third kappa shape index (κ3) is 13.1. The van der Waals surface area contributed by atoms with Gasteiger partial charge in [0.2, 0.25) is 47.0 Å². The second-order valence-electron chi connectivity index (χ2n) is 20.2. The summed E-state index contributed by atoms with van der Waals surface area (Å²) in [5.41, 5.74) is 9.39. The molecule has 5 amide bonds. The Hall–Kier alpha value is -8.23. The molecule has 77 heavy (non-hydrogen) atoms. The van der Waals surface area contributed by atoms with Crippen molar-refractivity contribution in [3.8, 4) is 28.7 Å². The molecule has 2 heterocycles. The van der Waals surface area contributed by atoms with Crippen LogP contribution in [0, 0.1) is 70.6 Å². The molecule has 0 saturated carbocycles. The number of benzene rings is 5. The summed E-state index contributed by atoms with van der Waals surface area (Å²) in [6.45, 7) is 21.0. The van der Waals surface area contributed by atoms with Crippen LogP contribution in [0.25, 0.3) is 0 Å². The zero-order chi connectivity index (χ0) is 56.5. The number of nitrogens with zero attached hydrogens (tertiary/aromatic N) is 2. The van der Waals surface area contributed by atoms with Crippen LogP contribution in [0.5, 0.6) is 28.7 Å². The number of carbonyl (C=O) groups is 6. The van der Waals surface area contributed by atoms with Crippen molar-refractivity contribution in [3.63, 3.8) is 0 Å². The normalized spacial score (nSPS) is 14.4. The lowest BCUT2D eigenvalue weighted by molar-refractivity contribution is -0.145. The lowest BCUT2D eigenvalue weighted by Gasteiger charge is -2.36. The number of rotatable bonds is 7. The van der Waals surface area contributed by atoms with Crippen LogP contribution in [0.1, 0.15) is 124 Å². The number of ether oxygens (including phenoxy) is 5. The van der Waals surface area contributed by atoms with E-state index in [1.165, 1.54) is 36.1 Å². The molecule has 21 heteroatoms. The first-order valence-corrected chi connectivity index (χ1v) is 23.7. The number of carbonyl (C=O) groups excluding carboxylic acids is 6. The van der Waals surface area contributed by atoms with Crippen LogP contribution in [0.4, 0.5) is 22.0 Å². The summed E-state index contributed by atoms with van der Waals surface area (Å²) in [4.78, 5) is 78.1. The van der Waals surface area contributed by atoms with Crippen molar-refractivity contribution >= 4 is 35.5 Å². The van der Waals surface area contributed by atoms with Crippen molar-refractivity contribution in [2.45, 2.75) is 114 Å². The van der Waals surface area contributed by atoms with Gasteiger partial charge in [0.15, 0.2) is 23.0 Å². The minimum absolute atomic E-state index is 0. The van der Waals surface area contributed by atoms with Crippen LogP contribution in [-0.2, 0) is 9.59 Å². The van der Waals surface area contributed by atoms with E-state index < -0.39 is 88.4 Å². The zero-order valence-electron chi connectivity index (χ0n) is 44.1. The number of amides is 5. The quantitative estimate of drug-likeness (QED) is 0.0352. The first-order valence-electron chi connectivity index (χ1n) is 23.7. The van der Waals surface area contributed by atoms with Crippen molar-refractivity contribution in [3.05, 3.63) is 145 Å². The van der Waals surface area contributed by atoms with Gasteiger partial charge in [-0.3, -0.25) is 34.8 Å². The van der Waals surface area contributed by atoms with Gasteiger partial charge in [0.05, 0.1) is 11.1 Å². The van der Waals surface area contributed by atoms with Gasteiger partial charge in [0.1, 0.15) is 13.2 Å². The number of hydrogen-bond donors (Lipinski definition) is 3. The van der Waals surface area contributed by atoms with E-state index in [9.17, 15) is 50.7 Å². The molecule has 16 nitrogen and oxygen atoms in total. The molecule has 0 unspecified atom stereocenters. The van der Waals surface area contributed by atoms with E-state index in [1.54, 1.807) is 64.1 Å². The highest BCUT2D eigenvalue weighted by atomic mass is 19.2. The second-order valence-corrected chi connectivity index (χ2v) is 20.2. The van der Waals surface area contributed by atoms with Crippen LogP contribution in [0.2, 0.25) is 0 Å². The van der Waals surface area contributed by atoms with Gasteiger partial charge in [0.25, 0.3) is 29.5 Å². The van der Waals surface area contributed by atoms with Gasteiger partial charge in [-0.1, -0.05) is 41.8 Å². The predicted octanol–water partition coefficient (Wildman–Crippen LogP) is 9.36. The number of aryl methyl sites for hydroxylation is 4. The van der Waals surface area contributed by atoms with E-state index >= 15 is 0 Å². The van der Waals surface area contributed by atoms with Crippen LogP contribution in [0.3, 0.4) is 0 Å². The van der Waals surface area contributed by atoms with Crippen LogP contribution >= 0.6 is 0 Å². The Balaban J connectivity index is 0.000000290. The van der Waals surface area contributed by atoms with Gasteiger partial charge in [-0.2, -0.15) is 8.78 Å². The van der Waals surface area contributed by atoms with Gasteiger partial charge < -0.3 is 29.0 Å². The smallest absolute Gasteiger partial charge is 0.356 e. The lowest BCUT2D eigenvalue weighted by Crippen LogP contribution is -2.56. The number of fused-ring (bicyclic) bond motifs is 2. The molecule has 5 aromatic carbocycles. The highest BCUT2D eigenvalue weighted by molar-refractivity contribution is 6.02. The van der Waals surface area contributed by atoms with E-state index in [4.69, 9.17) is 18.9 Å². The molecule has 0 bridgehead atoms. The number of hydrogen-bond acceptors (Lipinski definition) is 11. The van der Waals surface area contributed by atoms with Gasteiger partial charge >= 0.3 is 5.97 Å². The number of halogens is 5.